The van der Waals surface area contributed by atoms with Gasteiger partial charge in [-0.15, -0.1) is 0 Å². The molecule has 0 aliphatic heterocycles. The second kappa shape index (κ2) is 7.98. The van der Waals surface area contributed by atoms with E-state index in [1.807, 2.05) is 19.1 Å². The van der Waals surface area contributed by atoms with Gasteiger partial charge in [0, 0.05) is 6.04 Å². The number of benzene rings is 1. The first-order valence-corrected chi connectivity index (χ1v) is 6.85. The van der Waals surface area contributed by atoms with E-state index in [4.69, 9.17) is 15.2 Å². The van der Waals surface area contributed by atoms with Crippen LogP contribution in [0.1, 0.15) is 39.2 Å². The van der Waals surface area contributed by atoms with Gasteiger partial charge in [-0.1, -0.05) is 19.9 Å². The van der Waals surface area contributed by atoms with E-state index in [1.165, 1.54) is 5.56 Å². The summed E-state index contributed by atoms with van der Waals surface area (Å²) in [7, 11) is 0. The molecule has 1 rings (SSSR count). The van der Waals surface area contributed by atoms with Crippen molar-refractivity contribution in [3.63, 3.8) is 0 Å². The van der Waals surface area contributed by atoms with Gasteiger partial charge >= 0.3 is 0 Å². The molecule has 0 amide bonds. The van der Waals surface area contributed by atoms with Crippen LogP contribution in [0.5, 0.6) is 11.5 Å². The van der Waals surface area contributed by atoms with Crippen molar-refractivity contribution in [3.8, 4) is 11.5 Å². The Bertz CT molecular complexity index is 352. The topological polar surface area (TPSA) is 44.5 Å². The first kappa shape index (κ1) is 14.8. The monoisotopic (exact) mass is 251 g/mol. The average Bonchev–Trinajstić information content (AvgIpc) is 2.38. The Morgan fingerprint density at radius 1 is 1.11 bits per heavy atom. The van der Waals surface area contributed by atoms with Crippen LogP contribution in [-0.4, -0.2) is 19.3 Å². The van der Waals surface area contributed by atoms with Gasteiger partial charge in [0.15, 0.2) is 11.5 Å². The summed E-state index contributed by atoms with van der Waals surface area (Å²) < 4.78 is 11.3. The number of rotatable bonds is 8. The lowest BCUT2D eigenvalue weighted by atomic mass is 10.0. The van der Waals surface area contributed by atoms with Crippen molar-refractivity contribution in [1.29, 1.82) is 0 Å². The van der Waals surface area contributed by atoms with Gasteiger partial charge in [0.2, 0.25) is 0 Å². The van der Waals surface area contributed by atoms with E-state index in [1.54, 1.807) is 0 Å². The molecule has 0 aliphatic carbocycles. The van der Waals surface area contributed by atoms with E-state index in [0.717, 1.165) is 30.8 Å². The van der Waals surface area contributed by atoms with Gasteiger partial charge in [-0.3, -0.25) is 0 Å². The average molecular weight is 251 g/mol. The number of ether oxygens (including phenoxy) is 2. The molecule has 1 atom stereocenters. The fourth-order valence-electron chi connectivity index (χ4n) is 1.73. The quantitative estimate of drug-likeness (QED) is 0.772. The molecule has 0 heterocycles. The first-order chi connectivity index (χ1) is 8.71. The normalized spacial score (nSPS) is 12.2. The third-order valence-electron chi connectivity index (χ3n) is 2.79. The van der Waals surface area contributed by atoms with Gasteiger partial charge in [0.1, 0.15) is 0 Å². The lowest BCUT2D eigenvalue weighted by molar-refractivity contribution is 0.276. The van der Waals surface area contributed by atoms with E-state index in [-0.39, 0.29) is 6.04 Å². The largest absolute Gasteiger partial charge is 0.490 e. The van der Waals surface area contributed by atoms with E-state index in [9.17, 15) is 0 Å². The third kappa shape index (κ3) is 4.57. The van der Waals surface area contributed by atoms with Crippen molar-refractivity contribution < 1.29 is 9.47 Å². The molecule has 0 radical (unpaired) electrons. The lowest BCUT2D eigenvalue weighted by Gasteiger charge is -2.14. The van der Waals surface area contributed by atoms with Gasteiger partial charge in [-0.2, -0.15) is 0 Å². The SMILES string of the molecule is CCCOc1ccc(CC(N)CC)cc1OCC. The molecule has 3 heteroatoms. The molecule has 0 spiro atoms. The molecule has 0 aromatic heterocycles. The van der Waals surface area contributed by atoms with Crippen LogP contribution < -0.4 is 15.2 Å². The fourth-order valence-corrected chi connectivity index (χ4v) is 1.73. The van der Waals surface area contributed by atoms with Crippen molar-refractivity contribution >= 4 is 0 Å². The summed E-state index contributed by atoms with van der Waals surface area (Å²) in [6.07, 6.45) is 2.86. The highest BCUT2D eigenvalue weighted by Gasteiger charge is 2.08. The van der Waals surface area contributed by atoms with Crippen LogP contribution in [0.25, 0.3) is 0 Å². The summed E-state index contributed by atoms with van der Waals surface area (Å²) in [5.74, 6) is 1.65. The molecule has 0 saturated carbocycles. The summed E-state index contributed by atoms with van der Waals surface area (Å²) in [6, 6.07) is 6.31. The van der Waals surface area contributed by atoms with Crippen LogP contribution >= 0.6 is 0 Å². The Morgan fingerprint density at radius 2 is 1.89 bits per heavy atom. The van der Waals surface area contributed by atoms with E-state index < -0.39 is 0 Å². The Labute approximate surface area is 110 Å². The minimum atomic E-state index is 0.210. The van der Waals surface area contributed by atoms with Crippen LogP contribution in [0.15, 0.2) is 18.2 Å². The number of hydrogen-bond acceptors (Lipinski definition) is 3. The second-order valence-corrected chi connectivity index (χ2v) is 4.44. The van der Waals surface area contributed by atoms with Crippen LogP contribution in [0, 0.1) is 0 Å². The standard InChI is InChI=1S/C15H25NO2/c1-4-9-18-14-8-7-12(10-13(16)5-2)11-15(14)17-6-3/h7-8,11,13H,4-6,9-10,16H2,1-3H3. The molecular weight excluding hydrogens is 226 g/mol. The highest BCUT2D eigenvalue weighted by atomic mass is 16.5. The molecule has 102 valence electrons. The van der Waals surface area contributed by atoms with Crippen molar-refractivity contribution in [2.75, 3.05) is 13.2 Å². The maximum atomic E-state index is 5.98. The summed E-state index contributed by atoms with van der Waals surface area (Å²) in [5.41, 5.74) is 7.18. The Hall–Kier alpha value is -1.22. The number of hydrogen-bond donors (Lipinski definition) is 1. The maximum Gasteiger partial charge on any atom is 0.161 e. The van der Waals surface area contributed by atoms with Gasteiger partial charge in [0.25, 0.3) is 0 Å². The Kier molecular flexibility index (Phi) is 6.58. The molecule has 0 bridgehead atoms. The van der Waals surface area contributed by atoms with Crippen LogP contribution in [0.3, 0.4) is 0 Å². The minimum Gasteiger partial charge on any atom is -0.490 e. The maximum absolute atomic E-state index is 5.98. The van der Waals surface area contributed by atoms with Gasteiger partial charge < -0.3 is 15.2 Å². The van der Waals surface area contributed by atoms with E-state index in [2.05, 4.69) is 19.9 Å². The molecule has 2 N–H and O–H groups in total. The number of nitrogens with two attached hydrogens (primary N) is 1. The Morgan fingerprint density at radius 3 is 2.50 bits per heavy atom. The lowest BCUT2D eigenvalue weighted by Crippen LogP contribution is -2.21. The zero-order valence-electron chi connectivity index (χ0n) is 11.7. The van der Waals surface area contributed by atoms with Crippen molar-refractivity contribution in [2.45, 2.75) is 46.1 Å². The van der Waals surface area contributed by atoms with E-state index >= 15 is 0 Å². The van der Waals surface area contributed by atoms with Gasteiger partial charge in [0.05, 0.1) is 13.2 Å². The summed E-state index contributed by atoms with van der Waals surface area (Å²) in [5, 5.41) is 0. The predicted molar refractivity (Wildman–Crippen MR) is 75.4 cm³/mol. The summed E-state index contributed by atoms with van der Waals surface area (Å²) in [4.78, 5) is 0. The smallest absolute Gasteiger partial charge is 0.161 e. The third-order valence-corrected chi connectivity index (χ3v) is 2.79. The van der Waals surface area contributed by atoms with Crippen LogP contribution in [0.2, 0.25) is 0 Å². The van der Waals surface area contributed by atoms with Crippen molar-refractivity contribution in [2.24, 2.45) is 5.73 Å². The summed E-state index contributed by atoms with van der Waals surface area (Å²) in [6.45, 7) is 7.54. The minimum absolute atomic E-state index is 0.210. The first-order valence-electron chi connectivity index (χ1n) is 6.85. The zero-order chi connectivity index (χ0) is 13.4. The molecule has 0 fully saturated rings. The van der Waals surface area contributed by atoms with Gasteiger partial charge in [-0.05, 0) is 43.9 Å². The molecule has 0 saturated heterocycles. The molecule has 0 aliphatic rings. The zero-order valence-corrected chi connectivity index (χ0v) is 11.7. The van der Waals surface area contributed by atoms with E-state index in [0.29, 0.717) is 13.2 Å². The molecular formula is C15H25NO2. The van der Waals surface area contributed by atoms with Crippen molar-refractivity contribution in [3.05, 3.63) is 23.8 Å². The molecule has 18 heavy (non-hydrogen) atoms. The molecule has 1 aromatic carbocycles. The molecule has 3 nitrogen and oxygen atoms in total. The summed E-state index contributed by atoms with van der Waals surface area (Å²) >= 11 is 0. The predicted octanol–water partition coefficient (Wildman–Crippen LogP) is 3.15. The van der Waals surface area contributed by atoms with Crippen LogP contribution in [0.4, 0.5) is 0 Å². The highest BCUT2D eigenvalue weighted by molar-refractivity contribution is 5.43. The second-order valence-electron chi connectivity index (χ2n) is 4.44. The van der Waals surface area contributed by atoms with Crippen LogP contribution in [-0.2, 0) is 6.42 Å². The van der Waals surface area contributed by atoms with Gasteiger partial charge in [-0.25, -0.2) is 0 Å². The Balaban J connectivity index is 2.81. The highest BCUT2D eigenvalue weighted by Crippen LogP contribution is 2.29. The molecule has 1 unspecified atom stereocenters. The molecule has 1 aromatic rings. The van der Waals surface area contributed by atoms with Crippen molar-refractivity contribution in [1.82, 2.24) is 0 Å². The fraction of sp³-hybridized carbons (Fsp3) is 0.600.